The lowest BCUT2D eigenvalue weighted by molar-refractivity contribution is 0.414. The van der Waals surface area contributed by atoms with Gasteiger partial charge in [-0.15, -0.1) is 0 Å². The predicted octanol–water partition coefficient (Wildman–Crippen LogP) is 3.17. The second kappa shape index (κ2) is 4.71. The molecule has 0 aliphatic rings. The Morgan fingerprint density at radius 1 is 0.812 bits per heavy atom. The molecule has 2 heteroatoms. The van der Waals surface area contributed by atoms with Crippen LogP contribution in [-0.2, 0) is 0 Å². The lowest BCUT2D eigenvalue weighted by Gasteiger charge is -2.04. The third-order valence-corrected chi connectivity index (χ3v) is 2.42. The fourth-order valence-corrected chi connectivity index (χ4v) is 1.49. The summed E-state index contributed by atoms with van der Waals surface area (Å²) in [5.41, 5.74) is 2.16. The first-order valence-corrected chi connectivity index (χ1v) is 5.03. The maximum Gasteiger partial charge on any atom is 0.119 e. The average Bonchev–Trinajstić information content (AvgIpc) is 2.39. The molecule has 2 aromatic carbocycles. The van der Waals surface area contributed by atoms with Crippen molar-refractivity contribution in [3.63, 3.8) is 0 Å². The highest BCUT2D eigenvalue weighted by Crippen LogP contribution is 2.23. The molecule has 0 fully saturated rings. The maximum atomic E-state index is 5.11. The van der Waals surface area contributed by atoms with Crippen LogP contribution in [0.5, 0.6) is 11.5 Å². The van der Waals surface area contributed by atoms with Gasteiger partial charge in [-0.25, -0.2) is 0 Å². The van der Waals surface area contributed by atoms with Crippen molar-refractivity contribution in [1.82, 2.24) is 0 Å². The van der Waals surface area contributed by atoms with Gasteiger partial charge >= 0.3 is 0 Å². The Balaban J connectivity index is 2.28. The fraction of sp³-hybridized carbons (Fsp3) is 0.143. The topological polar surface area (TPSA) is 18.5 Å². The molecule has 0 atom stereocenters. The molecule has 0 aliphatic heterocycles. The van der Waals surface area contributed by atoms with Crippen molar-refractivity contribution in [2.45, 2.75) is 0 Å². The maximum absolute atomic E-state index is 5.11. The highest BCUT2D eigenvalue weighted by Gasteiger charge is 1.99. The Kier molecular flexibility index (Phi) is 3.10. The second-order valence-corrected chi connectivity index (χ2v) is 3.37. The van der Waals surface area contributed by atoms with E-state index >= 15 is 0 Å². The van der Waals surface area contributed by atoms with Gasteiger partial charge in [0.05, 0.1) is 14.2 Å². The van der Waals surface area contributed by atoms with Gasteiger partial charge in [-0.1, -0.05) is 18.2 Å². The van der Waals surface area contributed by atoms with Crippen LogP contribution in [0.25, 0.3) is 11.1 Å². The van der Waals surface area contributed by atoms with Crippen molar-refractivity contribution < 1.29 is 9.47 Å². The number of rotatable bonds is 3. The van der Waals surface area contributed by atoms with Crippen molar-refractivity contribution >= 4 is 0 Å². The zero-order chi connectivity index (χ0) is 11.4. The number of hydrogen-bond donors (Lipinski definition) is 0. The Hall–Kier alpha value is -1.96. The fourth-order valence-electron chi connectivity index (χ4n) is 1.49. The minimum absolute atomic E-state index is 0.817. The van der Waals surface area contributed by atoms with Crippen molar-refractivity contribution in [2.75, 3.05) is 14.2 Å². The highest BCUT2D eigenvalue weighted by atomic mass is 16.5. The summed E-state index contributed by atoms with van der Waals surface area (Å²) in [5, 5.41) is 0. The van der Waals surface area contributed by atoms with Gasteiger partial charge < -0.3 is 9.47 Å². The molecule has 0 unspecified atom stereocenters. The van der Waals surface area contributed by atoms with E-state index in [-0.39, 0.29) is 0 Å². The quantitative estimate of drug-likeness (QED) is 0.779. The zero-order valence-corrected chi connectivity index (χ0v) is 9.36. The van der Waals surface area contributed by atoms with Crippen molar-refractivity contribution in [1.29, 1.82) is 0 Å². The van der Waals surface area contributed by atoms with E-state index in [1.807, 2.05) is 42.5 Å². The first kappa shape index (κ1) is 10.6. The van der Waals surface area contributed by atoms with Gasteiger partial charge in [-0.05, 0) is 41.5 Å². The number of benzene rings is 2. The molecule has 2 rings (SSSR count). The average molecular weight is 213 g/mol. The summed E-state index contributed by atoms with van der Waals surface area (Å²) in [6.07, 6.45) is 0. The first-order chi connectivity index (χ1) is 7.83. The molecule has 2 nitrogen and oxygen atoms in total. The molecule has 0 aromatic heterocycles. The predicted molar refractivity (Wildman–Crippen MR) is 63.8 cm³/mol. The van der Waals surface area contributed by atoms with Crippen molar-refractivity contribution in [2.24, 2.45) is 0 Å². The van der Waals surface area contributed by atoms with Crippen LogP contribution in [0.4, 0.5) is 0 Å². The molecule has 0 bridgehead atoms. The molecule has 0 spiro atoms. The molecule has 1 radical (unpaired) electrons. The van der Waals surface area contributed by atoms with Gasteiger partial charge in [0.15, 0.2) is 0 Å². The van der Waals surface area contributed by atoms with Crippen LogP contribution in [0.1, 0.15) is 0 Å². The number of ether oxygens (including phenoxy) is 2. The van der Waals surface area contributed by atoms with Gasteiger partial charge in [0, 0.05) is 0 Å². The first-order valence-electron chi connectivity index (χ1n) is 5.03. The van der Waals surface area contributed by atoms with Crippen LogP contribution in [0.2, 0.25) is 0 Å². The lowest BCUT2D eigenvalue weighted by Crippen LogP contribution is -1.84. The molecule has 16 heavy (non-hydrogen) atoms. The molecule has 0 saturated heterocycles. The lowest BCUT2D eigenvalue weighted by atomic mass is 10.1. The van der Waals surface area contributed by atoms with Crippen LogP contribution in [0, 0.1) is 6.07 Å². The molecule has 0 amide bonds. The summed E-state index contributed by atoms with van der Waals surface area (Å²) >= 11 is 0. The molecular formula is C14H13O2. The van der Waals surface area contributed by atoms with Crippen molar-refractivity contribution in [3.05, 3.63) is 48.5 Å². The van der Waals surface area contributed by atoms with E-state index in [4.69, 9.17) is 9.47 Å². The van der Waals surface area contributed by atoms with E-state index in [0.29, 0.717) is 0 Å². The minimum atomic E-state index is 0.817. The van der Waals surface area contributed by atoms with Gasteiger partial charge in [0.25, 0.3) is 0 Å². The van der Waals surface area contributed by atoms with Crippen LogP contribution in [-0.4, -0.2) is 14.2 Å². The third kappa shape index (κ3) is 2.16. The third-order valence-electron chi connectivity index (χ3n) is 2.42. The number of hydrogen-bond acceptors (Lipinski definition) is 2. The van der Waals surface area contributed by atoms with Crippen LogP contribution < -0.4 is 9.47 Å². The number of methoxy groups -OCH3 is 2. The molecule has 0 saturated carbocycles. The summed E-state index contributed by atoms with van der Waals surface area (Å²) in [5.74, 6) is 1.68. The molecule has 2 aromatic rings. The Morgan fingerprint density at radius 2 is 1.44 bits per heavy atom. The summed E-state index contributed by atoms with van der Waals surface area (Å²) in [6, 6.07) is 16.8. The van der Waals surface area contributed by atoms with Gasteiger partial charge in [0.1, 0.15) is 11.5 Å². The van der Waals surface area contributed by atoms with Crippen LogP contribution >= 0.6 is 0 Å². The van der Waals surface area contributed by atoms with Crippen LogP contribution in [0.15, 0.2) is 42.5 Å². The smallest absolute Gasteiger partial charge is 0.119 e. The van der Waals surface area contributed by atoms with E-state index in [9.17, 15) is 0 Å². The van der Waals surface area contributed by atoms with Crippen LogP contribution in [0.3, 0.4) is 0 Å². The van der Waals surface area contributed by atoms with Crippen molar-refractivity contribution in [3.8, 4) is 22.6 Å². The van der Waals surface area contributed by atoms with E-state index in [1.165, 1.54) is 0 Å². The molecule has 0 N–H and O–H groups in total. The molecular weight excluding hydrogens is 200 g/mol. The summed E-state index contributed by atoms with van der Waals surface area (Å²) in [7, 11) is 3.31. The summed E-state index contributed by atoms with van der Waals surface area (Å²) < 4.78 is 10.2. The van der Waals surface area contributed by atoms with E-state index in [2.05, 4.69) is 6.07 Å². The van der Waals surface area contributed by atoms with Gasteiger partial charge in [0.2, 0.25) is 0 Å². The van der Waals surface area contributed by atoms with Gasteiger partial charge in [-0.3, -0.25) is 0 Å². The standard InChI is InChI=1S/C14H13O2/c1-15-13-7-3-11(4-8-13)12-5-9-14(16-2)10-6-12/h3-5,7-10H,1-2H3. The normalized spacial score (nSPS) is 9.88. The Bertz CT molecular complexity index is 398. The Labute approximate surface area is 95.4 Å². The molecule has 0 heterocycles. The Morgan fingerprint density at radius 3 is 1.94 bits per heavy atom. The minimum Gasteiger partial charge on any atom is -0.497 e. The SMILES string of the molecule is COc1c[c]c(-c2ccc(OC)cc2)cc1. The van der Waals surface area contributed by atoms with E-state index < -0.39 is 0 Å². The second-order valence-electron chi connectivity index (χ2n) is 3.37. The largest absolute Gasteiger partial charge is 0.497 e. The molecule has 0 aliphatic carbocycles. The monoisotopic (exact) mass is 213 g/mol. The summed E-state index contributed by atoms with van der Waals surface area (Å²) in [6.45, 7) is 0. The molecule has 81 valence electrons. The van der Waals surface area contributed by atoms with Gasteiger partial charge in [-0.2, -0.15) is 0 Å². The van der Waals surface area contributed by atoms with E-state index in [0.717, 1.165) is 22.6 Å². The summed E-state index contributed by atoms with van der Waals surface area (Å²) in [4.78, 5) is 0. The highest BCUT2D eigenvalue weighted by molar-refractivity contribution is 5.64. The zero-order valence-electron chi connectivity index (χ0n) is 9.36. The van der Waals surface area contributed by atoms with E-state index in [1.54, 1.807) is 14.2 Å².